The Labute approximate surface area is 190 Å². The molecule has 0 spiro atoms. The Kier molecular flexibility index (Phi) is 6.65. The van der Waals surface area contributed by atoms with Gasteiger partial charge in [-0.2, -0.15) is 0 Å². The fourth-order valence-electron chi connectivity index (χ4n) is 4.19. The molecule has 0 aromatic heterocycles. The molecule has 1 saturated heterocycles. The molecular weight excluding hydrogens is 433 g/mol. The molecule has 3 N–H and O–H groups in total. The van der Waals surface area contributed by atoms with Gasteiger partial charge in [0.15, 0.2) is 0 Å². The van der Waals surface area contributed by atoms with E-state index in [1.54, 1.807) is 36.0 Å². The third-order valence-electron chi connectivity index (χ3n) is 5.74. The van der Waals surface area contributed by atoms with E-state index in [1.165, 1.54) is 18.2 Å². The standard InChI is InChI=1S/C24H24FNO3S2/c25-16-8-6-15(7-9-16)20(28)12-13-22-23(19-11-10-18(27)14-21(19)29)26(24(30)31-22)17-4-2-1-3-5-17/h1-4,6-11,14,17,20,22-23,27-29H,5,12-13H2/t17?,20?,22-,23+/m0/s1. The number of nitrogens with zero attached hydrogens (tertiary/aromatic N) is 1. The first-order valence-corrected chi connectivity index (χ1v) is 11.5. The van der Waals surface area contributed by atoms with E-state index in [4.69, 9.17) is 12.2 Å². The molecule has 31 heavy (non-hydrogen) atoms. The van der Waals surface area contributed by atoms with E-state index in [1.807, 2.05) is 12.2 Å². The van der Waals surface area contributed by atoms with Crippen LogP contribution < -0.4 is 0 Å². The minimum Gasteiger partial charge on any atom is -0.508 e. The fourth-order valence-corrected chi connectivity index (χ4v) is 6.10. The van der Waals surface area contributed by atoms with Gasteiger partial charge in [-0.15, -0.1) is 0 Å². The predicted octanol–water partition coefficient (Wildman–Crippen LogP) is 5.38. The van der Waals surface area contributed by atoms with Gasteiger partial charge in [0, 0.05) is 16.9 Å². The second kappa shape index (κ2) is 9.42. The molecule has 1 heterocycles. The lowest BCUT2D eigenvalue weighted by Crippen LogP contribution is -2.38. The highest BCUT2D eigenvalue weighted by atomic mass is 32.2. The Balaban J connectivity index is 1.59. The summed E-state index contributed by atoms with van der Waals surface area (Å²) in [4.78, 5) is 2.15. The fraction of sp³-hybridized carbons (Fsp3) is 0.292. The van der Waals surface area contributed by atoms with Crippen molar-refractivity contribution < 1.29 is 19.7 Å². The Bertz CT molecular complexity index is 1010. The van der Waals surface area contributed by atoms with E-state index in [9.17, 15) is 19.7 Å². The van der Waals surface area contributed by atoms with E-state index < -0.39 is 6.10 Å². The van der Waals surface area contributed by atoms with Crippen LogP contribution in [0.1, 0.15) is 42.5 Å². The molecule has 0 radical (unpaired) electrons. The molecule has 7 heteroatoms. The van der Waals surface area contributed by atoms with Crippen molar-refractivity contribution in [2.75, 3.05) is 0 Å². The average molecular weight is 458 g/mol. The summed E-state index contributed by atoms with van der Waals surface area (Å²) >= 11 is 7.31. The van der Waals surface area contributed by atoms with Crippen molar-refractivity contribution in [3.05, 3.63) is 83.7 Å². The van der Waals surface area contributed by atoms with E-state index in [2.05, 4.69) is 17.1 Å². The van der Waals surface area contributed by atoms with Crippen LogP contribution in [-0.2, 0) is 0 Å². The van der Waals surface area contributed by atoms with Crippen molar-refractivity contribution in [1.29, 1.82) is 0 Å². The van der Waals surface area contributed by atoms with Crippen LogP contribution >= 0.6 is 24.0 Å². The molecule has 2 aliphatic rings. The lowest BCUT2D eigenvalue weighted by molar-refractivity contribution is 0.159. The first-order chi connectivity index (χ1) is 14.9. The quantitative estimate of drug-likeness (QED) is 0.506. The number of rotatable bonds is 6. The van der Waals surface area contributed by atoms with Crippen LogP contribution in [0.25, 0.3) is 0 Å². The van der Waals surface area contributed by atoms with E-state index in [-0.39, 0.29) is 34.6 Å². The summed E-state index contributed by atoms with van der Waals surface area (Å²) in [6, 6.07) is 10.4. The van der Waals surface area contributed by atoms with Crippen molar-refractivity contribution in [3.8, 4) is 11.5 Å². The van der Waals surface area contributed by atoms with Crippen LogP contribution in [0.15, 0.2) is 66.8 Å². The largest absolute Gasteiger partial charge is 0.508 e. The van der Waals surface area contributed by atoms with Crippen LogP contribution in [0.5, 0.6) is 11.5 Å². The van der Waals surface area contributed by atoms with E-state index in [0.29, 0.717) is 24.0 Å². The minimum atomic E-state index is -0.713. The monoisotopic (exact) mass is 457 g/mol. The third-order valence-corrected chi connectivity index (χ3v) is 7.45. The smallest absolute Gasteiger partial charge is 0.137 e. The number of hydrogen-bond acceptors (Lipinski definition) is 5. The molecule has 4 rings (SSSR count). The van der Waals surface area contributed by atoms with Crippen molar-refractivity contribution in [2.45, 2.75) is 42.7 Å². The van der Waals surface area contributed by atoms with Gasteiger partial charge in [0.1, 0.15) is 21.6 Å². The van der Waals surface area contributed by atoms with E-state index >= 15 is 0 Å². The predicted molar refractivity (Wildman–Crippen MR) is 126 cm³/mol. The Morgan fingerprint density at radius 1 is 1.13 bits per heavy atom. The van der Waals surface area contributed by atoms with Gasteiger partial charge in [0.2, 0.25) is 0 Å². The van der Waals surface area contributed by atoms with Crippen molar-refractivity contribution in [1.82, 2.24) is 4.90 Å². The third kappa shape index (κ3) is 4.79. The van der Waals surface area contributed by atoms with Gasteiger partial charge in [0.05, 0.1) is 18.2 Å². The number of phenolic OH excluding ortho intramolecular Hbond substituents is 2. The molecule has 0 saturated carbocycles. The lowest BCUT2D eigenvalue weighted by atomic mass is 9.93. The number of thioether (sulfide) groups is 1. The zero-order valence-corrected chi connectivity index (χ0v) is 18.4. The number of hydrogen-bond donors (Lipinski definition) is 3. The highest BCUT2D eigenvalue weighted by molar-refractivity contribution is 8.23. The van der Waals surface area contributed by atoms with Crippen LogP contribution in [0.4, 0.5) is 4.39 Å². The zero-order valence-electron chi connectivity index (χ0n) is 16.8. The second-order valence-corrected chi connectivity index (χ2v) is 9.65. The van der Waals surface area contributed by atoms with Gasteiger partial charge in [0.25, 0.3) is 0 Å². The topological polar surface area (TPSA) is 63.9 Å². The Morgan fingerprint density at radius 3 is 2.58 bits per heavy atom. The molecule has 1 aliphatic heterocycles. The van der Waals surface area contributed by atoms with E-state index in [0.717, 1.165) is 10.7 Å². The number of thiocarbonyl (C=S) groups is 1. The van der Waals surface area contributed by atoms with Gasteiger partial charge >= 0.3 is 0 Å². The summed E-state index contributed by atoms with van der Waals surface area (Å²) < 4.78 is 13.9. The molecule has 2 unspecified atom stereocenters. The van der Waals surface area contributed by atoms with Gasteiger partial charge in [-0.3, -0.25) is 0 Å². The lowest BCUT2D eigenvalue weighted by Gasteiger charge is -2.35. The zero-order chi connectivity index (χ0) is 22.0. The van der Waals surface area contributed by atoms with Crippen molar-refractivity contribution >= 4 is 28.3 Å². The number of aliphatic hydroxyl groups excluding tert-OH is 1. The van der Waals surface area contributed by atoms with Gasteiger partial charge in [-0.25, -0.2) is 4.39 Å². The van der Waals surface area contributed by atoms with Crippen LogP contribution in [-0.4, -0.2) is 35.8 Å². The van der Waals surface area contributed by atoms with Gasteiger partial charge in [-0.1, -0.05) is 60.4 Å². The molecule has 0 bridgehead atoms. The van der Waals surface area contributed by atoms with Crippen LogP contribution in [0.3, 0.4) is 0 Å². The molecule has 4 atom stereocenters. The highest BCUT2D eigenvalue weighted by Gasteiger charge is 2.43. The average Bonchev–Trinajstić information content (AvgIpc) is 3.09. The van der Waals surface area contributed by atoms with Crippen LogP contribution in [0, 0.1) is 5.82 Å². The summed E-state index contributed by atoms with van der Waals surface area (Å²) in [5, 5.41) is 31.0. The van der Waals surface area contributed by atoms with Crippen molar-refractivity contribution in [2.24, 2.45) is 0 Å². The minimum absolute atomic E-state index is 0.00445. The SMILES string of the molecule is Oc1ccc([C@@H]2[C@H](CCC(O)c3ccc(F)cc3)SC(=S)N2C2C=CC=CC2)c(O)c1. The summed E-state index contributed by atoms with van der Waals surface area (Å²) in [5.74, 6) is -0.301. The van der Waals surface area contributed by atoms with Crippen molar-refractivity contribution in [3.63, 3.8) is 0 Å². The summed E-state index contributed by atoms with van der Waals surface area (Å²) in [5.41, 5.74) is 1.38. The number of aromatic hydroxyl groups is 2. The highest BCUT2D eigenvalue weighted by Crippen LogP contribution is 2.49. The summed E-state index contributed by atoms with van der Waals surface area (Å²) in [6.45, 7) is 0. The maximum Gasteiger partial charge on any atom is 0.137 e. The van der Waals surface area contributed by atoms with Gasteiger partial charge in [-0.05, 0) is 49.1 Å². The first-order valence-electron chi connectivity index (χ1n) is 10.2. The normalized spacial score (nSPS) is 24.0. The second-order valence-electron chi connectivity index (χ2n) is 7.78. The Hall–Kier alpha value is -2.35. The molecule has 0 amide bonds. The number of halogens is 1. The summed E-state index contributed by atoms with van der Waals surface area (Å²) in [6.07, 6.45) is 9.44. The number of benzene rings is 2. The maximum atomic E-state index is 13.2. The first kappa shape index (κ1) is 21.9. The molecule has 162 valence electrons. The molecule has 4 nitrogen and oxygen atoms in total. The molecule has 2 aromatic rings. The van der Waals surface area contributed by atoms with Crippen LogP contribution in [0.2, 0.25) is 0 Å². The maximum absolute atomic E-state index is 13.2. The number of aliphatic hydroxyl groups is 1. The molecular formula is C24H24FNO3S2. The molecule has 1 aliphatic carbocycles. The van der Waals surface area contributed by atoms with Gasteiger partial charge < -0.3 is 20.2 Å². The molecule has 1 fully saturated rings. The number of allylic oxidation sites excluding steroid dienone is 2. The summed E-state index contributed by atoms with van der Waals surface area (Å²) in [7, 11) is 0. The Morgan fingerprint density at radius 2 is 1.90 bits per heavy atom. The molecule has 2 aromatic carbocycles. The number of phenols is 2.